The average Bonchev–Trinajstić information content (AvgIpc) is 3.17. The van der Waals surface area contributed by atoms with E-state index in [-0.39, 0.29) is 38.1 Å². The molecule has 0 saturated carbocycles. The molecule has 4 aromatic rings. The van der Waals surface area contributed by atoms with Crippen molar-refractivity contribution in [2.24, 2.45) is 0 Å². The largest absolute Gasteiger partial charge is 0.507 e. The Labute approximate surface area is 204 Å². The maximum Gasteiger partial charge on any atom is 0.261 e. The lowest BCUT2D eigenvalue weighted by atomic mass is 10.1. The van der Waals surface area contributed by atoms with Crippen molar-refractivity contribution >= 4 is 63.2 Å². The molecule has 1 amide bonds. The van der Waals surface area contributed by atoms with Crippen molar-refractivity contribution in [2.75, 3.05) is 12.4 Å². The summed E-state index contributed by atoms with van der Waals surface area (Å²) in [5.41, 5.74) is 3.31. The summed E-state index contributed by atoms with van der Waals surface area (Å²) >= 11 is 17.4. The molecular weight excluding hydrogens is 485 g/mol. The Balaban J connectivity index is 1.55. The van der Waals surface area contributed by atoms with E-state index in [2.05, 4.69) is 15.6 Å². The number of aromatic nitrogens is 1. The van der Waals surface area contributed by atoms with Gasteiger partial charge in [-0.05, 0) is 67.2 Å². The first kappa shape index (κ1) is 22.8. The number of ether oxygens (including phenoxy) is 1. The molecule has 3 aromatic carbocycles. The van der Waals surface area contributed by atoms with Crippen molar-refractivity contribution in [1.82, 2.24) is 10.3 Å². The number of nitrogens with one attached hydrogen (secondary N) is 2. The number of oxazole rings is 1. The third-order valence-electron chi connectivity index (χ3n) is 4.71. The van der Waals surface area contributed by atoms with Gasteiger partial charge in [0, 0.05) is 10.7 Å². The summed E-state index contributed by atoms with van der Waals surface area (Å²) in [5, 5.41) is 16.3. The van der Waals surface area contributed by atoms with Gasteiger partial charge in [-0.3, -0.25) is 10.1 Å². The lowest BCUT2D eigenvalue weighted by Gasteiger charge is -2.13. The number of rotatable bonds is 4. The molecule has 0 spiro atoms. The zero-order valence-electron chi connectivity index (χ0n) is 17.4. The fourth-order valence-corrected chi connectivity index (χ4v) is 3.98. The van der Waals surface area contributed by atoms with Crippen LogP contribution in [-0.2, 0) is 0 Å². The minimum absolute atomic E-state index is 0.0166. The van der Waals surface area contributed by atoms with E-state index >= 15 is 0 Å². The van der Waals surface area contributed by atoms with Crippen LogP contribution in [0.3, 0.4) is 0 Å². The SMILES string of the molecule is COc1c(Cl)cc(Cl)cc1C(=O)NC(=S)Nc1ccc(O)c(-c2nc3ccc(C)cc3o2)c1. The van der Waals surface area contributed by atoms with Gasteiger partial charge in [-0.15, -0.1) is 0 Å². The van der Waals surface area contributed by atoms with Crippen molar-refractivity contribution < 1.29 is 19.1 Å². The van der Waals surface area contributed by atoms with Crippen molar-refractivity contribution in [2.45, 2.75) is 6.92 Å². The van der Waals surface area contributed by atoms with Crippen LogP contribution in [0, 0.1) is 6.92 Å². The maximum atomic E-state index is 12.7. The van der Waals surface area contributed by atoms with E-state index in [1.54, 1.807) is 12.1 Å². The van der Waals surface area contributed by atoms with E-state index in [1.165, 1.54) is 25.3 Å². The number of phenolic OH excluding ortho intramolecular Hbond substituents is 1. The minimum Gasteiger partial charge on any atom is -0.507 e. The molecule has 10 heteroatoms. The van der Waals surface area contributed by atoms with Crippen LogP contribution in [-0.4, -0.2) is 28.2 Å². The molecule has 7 nitrogen and oxygen atoms in total. The zero-order chi connectivity index (χ0) is 23.7. The maximum absolute atomic E-state index is 12.7. The number of methoxy groups -OCH3 is 1. The lowest BCUT2D eigenvalue weighted by Crippen LogP contribution is -2.34. The molecule has 1 heterocycles. The fraction of sp³-hybridized carbons (Fsp3) is 0.0870. The standard InChI is InChI=1S/C23H17Cl2N3O4S/c1-11-3-5-17-19(7-11)32-22(27-17)14-10-13(4-6-18(14)29)26-23(33)28-21(30)15-8-12(24)9-16(25)20(15)31-2/h3-10,29H,1-2H3,(H2,26,28,30,33). The second-order valence-corrected chi connectivity index (χ2v) is 8.35. The Morgan fingerprint density at radius 2 is 1.94 bits per heavy atom. The molecule has 1 aromatic heterocycles. The summed E-state index contributed by atoms with van der Waals surface area (Å²) in [5.74, 6) is -0.136. The normalized spacial score (nSPS) is 10.8. The monoisotopic (exact) mass is 501 g/mol. The molecule has 0 aliphatic heterocycles. The van der Waals surface area contributed by atoms with Gasteiger partial charge in [-0.2, -0.15) is 0 Å². The van der Waals surface area contributed by atoms with E-state index in [0.29, 0.717) is 22.4 Å². The molecule has 0 saturated heterocycles. The fourth-order valence-electron chi connectivity index (χ4n) is 3.20. The number of thiocarbonyl (C=S) groups is 1. The number of anilines is 1. The number of hydrogen-bond acceptors (Lipinski definition) is 6. The summed E-state index contributed by atoms with van der Waals surface area (Å²) in [4.78, 5) is 17.1. The molecule has 0 aliphatic carbocycles. The van der Waals surface area contributed by atoms with Crippen LogP contribution in [0.1, 0.15) is 15.9 Å². The summed E-state index contributed by atoms with van der Waals surface area (Å²) in [6.45, 7) is 1.95. The highest BCUT2D eigenvalue weighted by Gasteiger charge is 2.19. The Bertz CT molecular complexity index is 1400. The van der Waals surface area contributed by atoms with E-state index in [4.69, 9.17) is 44.6 Å². The quantitative estimate of drug-likeness (QED) is 0.234. The molecule has 0 radical (unpaired) electrons. The highest BCUT2D eigenvalue weighted by molar-refractivity contribution is 7.80. The van der Waals surface area contributed by atoms with Crippen LogP contribution < -0.4 is 15.4 Å². The number of carbonyl (C=O) groups excluding carboxylic acids is 1. The van der Waals surface area contributed by atoms with Gasteiger partial charge in [0.2, 0.25) is 5.89 Å². The number of nitrogens with zero attached hydrogens (tertiary/aromatic N) is 1. The number of carbonyl (C=O) groups is 1. The molecule has 0 bridgehead atoms. The van der Waals surface area contributed by atoms with E-state index < -0.39 is 5.91 Å². The number of fused-ring (bicyclic) bond motifs is 1. The highest BCUT2D eigenvalue weighted by atomic mass is 35.5. The topological polar surface area (TPSA) is 96.6 Å². The molecule has 0 atom stereocenters. The summed E-state index contributed by atoms with van der Waals surface area (Å²) in [7, 11) is 1.40. The molecule has 0 unspecified atom stereocenters. The number of halogens is 2. The summed E-state index contributed by atoms with van der Waals surface area (Å²) in [6, 6.07) is 13.2. The predicted octanol–water partition coefficient (Wildman–Crippen LogP) is 5.95. The molecular formula is C23H17Cl2N3O4S. The van der Waals surface area contributed by atoms with Crippen LogP contribution >= 0.6 is 35.4 Å². The van der Waals surface area contributed by atoms with Gasteiger partial charge in [0.05, 0.1) is 23.3 Å². The first-order valence-corrected chi connectivity index (χ1v) is 10.8. The van der Waals surface area contributed by atoms with Crippen molar-refractivity contribution in [1.29, 1.82) is 0 Å². The van der Waals surface area contributed by atoms with Gasteiger partial charge >= 0.3 is 0 Å². The average molecular weight is 502 g/mol. The Hall–Kier alpha value is -3.33. The molecule has 168 valence electrons. The summed E-state index contributed by atoms with van der Waals surface area (Å²) < 4.78 is 11.0. The molecule has 0 aliphatic rings. The van der Waals surface area contributed by atoms with E-state index in [0.717, 1.165) is 5.56 Å². The van der Waals surface area contributed by atoms with Gasteiger partial charge in [0.25, 0.3) is 5.91 Å². The Morgan fingerprint density at radius 1 is 1.15 bits per heavy atom. The van der Waals surface area contributed by atoms with Crippen LogP contribution in [0.25, 0.3) is 22.6 Å². The van der Waals surface area contributed by atoms with E-state index in [1.807, 2.05) is 25.1 Å². The van der Waals surface area contributed by atoms with Crippen LogP contribution in [0.15, 0.2) is 52.9 Å². The van der Waals surface area contributed by atoms with E-state index in [9.17, 15) is 9.90 Å². The van der Waals surface area contributed by atoms with Crippen molar-refractivity contribution in [3.05, 3.63) is 69.7 Å². The predicted molar refractivity (Wildman–Crippen MR) is 133 cm³/mol. The summed E-state index contributed by atoms with van der Waals surface area (Å²) in [6.07, 6.45) is 0. The van der Waals surface area contributed by atoms with Crippen LogP contribution in [0.4, 0.5) is 5.69 Å². The Morgan fingerprint density at radius 3 is 2.70 bits per heavy atom. The number of hydrogen-bond donors (Lipinski definition) is 3. The lowest BCUT2D eigenvalue weighted by molar-refractivity contribution is 0.0974. The number of aryl methyl sites for hydroxylation is 1. The van der Waals surface area contributed by atoms with Crippen molar-refractivity contribution in [3.8, 4) is 23.0 Å². The number of amides is 1. The van der Waals surface area contributed by atoms with Gasteiger partial charge in [0.1, 0.15) is 17.0 Å². The Kier molecular flexibility index (Phi) is 6.42. The second kappa shape index (κ2) is 9.27. The molecule has 0 fully saturated rings. The van der Waals surface area contributed by atoms with Gasteiger partial charge in [-0.1, -0.05) is 29.3 Å². The number of phenols is 1. The minimum atomic E-state index is -0.554. The smallest absolute Gasteiger partial charge is 0.261 e. The third-order valence-corrected chi connectivity index (χ3v) is 5.42. The zero-order valence-corrected chi connectivity index (χ0v) is 19.7. The highest BCUT2D eigenvalue weighted by Crippen LogP contribution is 2.34. The molecule has 33 heavy (non-hydrogen) atoms. The first-order chi connectivity index (χ1) is 15.7. The van der Waals surface area contributed by atoms with Gasteiger partial charge in [-0.25, -0.2) is 4.98 Å². The van der Waals surface area contributed by atoms with Crippen LogP contribution in [0.2, 0.25) is 10.0 Å². The second-order valence-electron chi connectivity index (χ2n) is 7.10. The molecule has 4 rings (SSSR count). The van der Waals surface area contributed by atoms with Crippen molar-refractivity contribution in [3.63, 3.8) is 0 Å². The van der Waals surface area contributed by atoms with Gasteiger partial charge in [0.15, 0.2) is 10.7 Å². The molecule has 3 N–H and O–H groups in total. The van der Waals surface area contributed by atoms with Gasteiger partial charge < -0.3 is 19.6 Å². The first-order valence-electron chi connectivity index (χ1n) is 9.61. The number of benzene rings is 3. The number of aromatic hydroxyl groups is 1. The van der Waals surface area contributed by atoms with Crippen LogP contribution in [0.5, 0.6) is 11.5 Å². The third kappa shape index (κ3) is 4.88.